The van der Waals surface area contributed by atoms with E-state index in [9.17, 15) is 14.4 Å². The number of benzene rings is 1. The molecule has 8 heteroatoms. The summed E-state index contributed by atoms with van der Waals surface area (Å²) in [6.07, 6.45) is 3.26. The number of nitrogens with zero attached hydrogens (tertiary/aromatic N) is 4. The molecule has 0 bridgehead atoms. The van der Waals surface area contributed by atoms with Gasteiger partial charge in [-0.25, -0.2) is 0 Å². The lowest BCUT2D eigenvalue weighted by molar-refractivity contribution is 0.0634. The third-order valence-corrected chi connectivity index (χ3v) is 5.68. The van der Waals surface area contributed by atoms with Crippen LogP contribution in [0.3, 0.4) is 0 Å². The van der Waals surface area contributed by atoms with Crippen molar-refractivity contribution in [1.29, 1.82) is 0 Å². The zero-order chi connectivity index (χ0) is 21.4. The number of ether oxygens (including phenoxy) is 1. The molecule has 30 heavy (non-hydrogen) atoms. The molecule has 0 radical (unpaired) electrons. The highest BCUT2D eigenvalue weighted by Crippen LogP contribution is 2.29. The van der Waals surface area contributed by atoms with Gasteiger partial charge in [-0.1, -0.05) is 17.7 Å². The van der Waals surface area contributed by atoms with E-state index in [1.807, 2.05) is 26.1 Å². The molecule has 3 heterocycles. The Morgan fingerprint density at radius 1 is 1.20 bits per heavy atom. The average Bonchev–Trinajstić information content (AvgIpc) is 2.73. The van der Waals surface area contributed by atoms with E-state index < -0.39 is 5.43 Å². The minimum atomic E-state index is -0.444. The van der Waals surface area contributed by atoms with E-state index in [0.29, 0.717) is 26.4 Å². The van der Waals surface area contributed by atoms with E-state index in [-0.39, 0.29) is 23.1 Å². The molecule has 2 aromatic rings. The third kappa shape index (κ3) is 3.47. The molecule has 4 rings (SSSR count). The summed E-state index contributed by atoms with van der Waals surface area (Å²) in [6.45, 7) is 3.78. The molecule has 2 aliphatic heterocycles. The molecule has 1 aromatic heterocycles. The number of hydrogen-bond donors (Lipinski definition) is 0. The topological polar surface area (TPSA) is 75.1 Å². The van der Waals surface area contributed by atoms with Gasteiger partial charge in [-0.05, 0) is 31.4 Å². The first kappa shape index (κ1) is 20.2. The highest BCUT2D eigenvalue weighted by molar-refractivity contribution is 6.07. The van der Waals surface area contributed by atoms with Crippen molar-refractivity contribution in [3.63, 3.8) is 0 Å². The quantitative estimate of drug-likeness (QED) is 0.761. The molecule has 1 aromatic carbocycles. The Hall–Kier alpha value is -3.13. The lowest BCUT2D eigenvalue weighted by Gasteiger charge is -2.37. The summed E-state index contributed by atoms with van der Waals surface area (Å²) < 4.78 is 6.66. The maximum atomic E-state index is 13.3. The minimum absolute atomic E-state index is 0.0668. The lowest BCUT2D eigenvalue weighted by atomic mass is 9.99. The number of rotatable bonds is 4. The van der Waals surface area contributed by atoms with E-state index in [0.717, 1.165) is 29.7 Å². The summed E-state index contributed by atoms with van der Waals surface area (Å²) in [4.78, 5) is 42.2. The summed E-state index contributed by atoms with van der Waals surface area (Å²) >= 11 is 0. The Kier molecular flexibility index (Phi) is 5.34. The SMILES string of the molecule is COCCN1CN(C)n2cc(C(=O)N3CCCc4cc(C)ccc43)c(=O)cc2C1=O. The summed E-state index contributed by atoms with van der Waals surface area (Å²) in [5.41, 5.74) is 2.99. The molecule has 2 aliphatic rings. The largest absolute Gasteiger partial charge is 0.383 e. The summed E-state index contributed by atoms with van der Waals surface area (Å²) in [6, 6.07) is 7.28. The maximum Gasteiger partial charge on any atom is 0.274 e. The number of amides is 2. The molecule has 0 N–H and O–H groups in total. The Morgan fingerprint density at radius 2 is 2.00 bits per heavy atom. The van der Waals surface area contributed by atoms with E-state index in [1.165, 1.54) is 12.3 Å². The van der Waals surface area contributed by atoms with Gasteiger partial charge in [-0.15, -0.1) is 0 Å². The number of anilines is 1. The first-order valence-corrected chi connectivity index (χ1v) is 10.1. The zero-order valence-electron chi connectivity index (χ0n) is 17.6. The zero-order valence-corrected chi connectivity index (χ0v) is 17.6. The normalized spacial score (nSPS) is 15.8. The second kappa shape index (κ2) is 7.95. The number of aromatic nitrogens is 1. The number of hydrogen-bond acceptors (Lipinski definition) is 5. The van der Waals surface area contributed by atoms with E-state index >= 15 is 0 Å². The summed E-state index contributed by atoms with van der Waals surface area (Å²) in [7, 11) is 3.39. The van der Waals surface area contributed by atoms with Gasteiger partial charge >= 0.3 is 0 Å². The second-order valence-electron chi connectivity index (χ2n) is 7.83. The number of pyridine rings is 1. The van der Waals surface area contributed by atoms with Crippen molar-refractivity contribution in [3.05, 3.63) is 63.1 Å². The molecule has 0 spiro atoms. The molecule has 0 saturated carbocycles. The van der Waals surface area contributed by atoms with Crippen molar-refractivity contribution in [2.45, 2.75) is 19.8 Å². The first-order valence-electron chi connectivity index (χ1n) is 10.1. The van der Waals surface area contributed by atoms with Crippen molar-refractivity contribution in [1.82, 2.24) is 9.58 Å². The van der Waals surface area contributed by atoms with Crippen molar-refractivity contribution < 1.29 is 14.3 Å². The molecule has 2 amide bonds. The van der Waals surface area contributed by atoms with E-state index in [2.05, 4.69) is 6.07 Å². The van der Waals surface area contributed by atoms with Crippen LogP contribution in [0.4, 0.5) is 5.69 Å². The van der Waals surface area contributed by atoms with Gasteiger partial charge in [0, 0.05) is 45.2 Å². The lowest BCUT2D eigenvalue weighted by Crippen LogP contribution is -2.53. The Labute approximate surface area is 175 Å². The summed E-state index contributed by atoms with van der Waals surface area (Å²) in [5, 5.41) is 1.80. The van der Waals surface area contributed by atoms with Gasteiger partial charge in [0.25, 0.3) is 11.8 Å². The number of aryl methyl sites for hydroxylation is 2. The van der Waals surface area contributed by atoms with Crippen LogP contribution in [-0.4, -0.2) is 61.9 Å². The molecule has 0 fully saturated rings. The van der Waals surface area contributed by atoms with Crippen LogP contribution in [0.25, 0.3) is 0 Å². The van der Waals surface area contributed by atoms with Gasteiger partial charge in [0.15, 0.2) is 5.43 Å². The highest BCUT2D eigenvalue weighted by atomic mass is 16.5. The predicted molar refractivity (Wildman–Crippen MR) is 114 cm³/mol. The van der Waals surface area contributed by atoms with Crippen molar-refractivity contribution in [2.75, 3.05) is 50.4 Å². The van der Waals surface area contributed by atoms with E-state index in [4.69, 9.17) is 4.74 Å². The van der Waals surface area contributed by atoms with Crippen LogP contribution in [0.5, 0.6) is 0 Å². The smallest absolute Gasteiger partial charge is 0.274 e. The number of carbonyl (C=O) groups is 2. The van der Waals surface area contributed by atoms with E-state index in [1.54, 1.807) is 26.6 Å². The van der Waals surface area contributed by atoms with Gasteiger partial charge in [0.05, 0.1) is 6.61 Å². The fourth-order valence-corrected chi connectivity index (χ4v) is 4.12. The second-order valence-corrected chi connectivity index (χ2v) is 7.83. The Morgan fingerprint density at radius 3 is 2.77 bits per heavy atom. The maximum absolute atomic E-state index is 13.3. The van der Waals surface area contributed by atoms with Crippen LogP contribution in [0.2, 0.25) is 0 Å². The first-order chi connectivity index (χ1) is 14.4. The molecule has 0 aliphatic carbocycles. The fourth-order valence-electron chi connectivity index (χ4n) is 4.12. The molecule has 0 atom stereocenters. The minimum Gasteiger partial charge on any atom is -0.383 e. The fraction of sp³-hybridized carbons (Fsp3) is 0.409. The van der Waals surface area contributed by atoms with Crippen molar-refractivity contribution in [3.8, 4) is 0 Å². The van der Waals surface area contributed by atoms with Gasteiger partial charge in [-0.2, -0.15) is 0 Å². The number of carbonyl (C=O) groups excluding carboxylic acids is 2. The highest BCUT2D eigenvalue weighted by Gasteiger charge is 2.31. The Bertz CT molecular complexity index is 1060. The van der Waals surface area contributed by atoms with Crippen LogP contribution in [0.1, 0.15) is 38.4 Å². The van der Waals surface area contributed by atoms with Crippen LogP contribution < -0.4 is 15.3 Å². The molecular formula is C22H26N4O4. The van der Waals surface area contributed by atoms with Crippen molar-refractivity contribution in [2.24, 2.45) is 0 Å². The molecule has 8 nitrogen and oxygen atoms in total. The van der Waals surface area contributed by atoms with Gasteiger partial charge in [0.1, 0.15) is 17.9 Å². The monoisotopic (exact) mass is 410 g/mol. The predicted octanol–water partition coefficient (Wildman–Crippen LogP) is 1.38. The van der Waals surface area contributed by atoms with Crippen LogP contribution in [0, 0.1) is 6.92 Å². The van der Waals surface area contributed by atoms with Gasteiger partial charge < -0.3 is 14.5 Å². The Balaban J connectivity index is 1.69. The third-order valence-electron chi connectivity index (χ3n) is 5.68. The number of fused-ring (bicyclic) bond motifs is 2. The van der Waals surface area contributed by atoms with Crippen LogP contribution >= 0.6 is 0 Å². The van der Waals surface area contributed by atoms with Crippen LogP contribution in [-0.2, 0) is 11.2 Å². The van der Waals surface area contributed by atoms with Crippen molar-refractivity contribution >= 4 is 17.5 Å². The molecule has 0 saturated heterocycles. The molecule has 158 valence electrons. The summed E-state index contributed by atoms with van der Waals surface area (Å²) in [5.74, 6) is -0.581. The van der Waals surface area contributed by atoms with Gasteiger partial charge in [0.2, 0.25) is 0 Å². The van der Waals surface area contributed by atoms with Gasteiger partial charge in [-0.3, -0.25) is 24.1 Å². The van der Waals surface area contributed by atoms with Crippen LogP contribution in [0.15, 0.2) is 35.3 Å². The molecule has 0 unspecified atom stereocenters. The average molecular weight is 410 g/mol. The standard InChI is InChI=1S/C22H26N4O4/c1-15-6-7-18-16(11-15)5-4-8-25(18)21(28)17-13-26-19(12-20(17)27)22(29)24(9-10-30-3)14-23(26)2/h6-7,11-13H,4-5,8-10,14H2,1-3H3. The molecular weight excluding hydrogens is 384 g/mol. The number of methoxy groups -OCH3 is 1.